The van der Waals surface area contributed by atoms with Gasteiger partial charge in [0, 0.05) is 12.0 Å². The van der Waals surface area contributed by atoms with Gasteiger partial charge >= 0.3 is 6.18 Å². The minimum atomic E-state index is -4.41. The number of amides is 1. The summed E-state index contributed by atoms with van der Waals surface area (Å²) in [5.74, 6) is -0.428. The number of alkyl halides is 3. The van der Waals surface area contributed by atoms with Crippen molar-refractivity contribution in [3.8, 4) is 5.75 Å². The molecule has 0 radical (unpaired) electrons. The van der Waals surface area contributed by atoms with Crippen molar-refractivity contribution in [1.82, 2.24) is 0 Å². The monoisotopic (exact) mass is 259 g/mol. The van der Waals surface area contributed by atoms with E-state index in [2.05, 4.69) is 0 Å². The summed E-state index contributed by atoms with van der Waals surface area (Å²) in [4.78, 5) is 10.5. The number of ether oxygens (including phenoxy) is 1. The van der Waals surface area contributed by atoms with Gasteiger partial charge in [-0.05, 0) is 12.1 Å². The van der Waals surface area contributed by atoms with Crippen LogP contribution in [-0.4, -0.2) is 13.0 Å². The van der Waals surface area contributed by atoms with Crippen molar-refractivity contribution in [2.45, 2.75) is 12.6 Å². The highest BCUT2D eigenvalue weighted by molar-refractivity contribution is 5.76. The molecule has 0 heterocycles. The predicted molar refractivity (Wildman–Crippen MR) is 60.8 cm³/mol. The molecule has 18 heavy (non-hydrogen) atoms. The third-order valence-electron chi connectivity index (χ3n) is 2.18. The zero-order chi connectivity index (χ0) is 13.8. The highest BCUT2D eigenvalue weighted by atomic mass is 19.4. The maximum Gasteiger partial charge on any atom is 0.416 e. The number of halogens is 3. The summed E-state index contributed by atoms with van der Waals surface area (Å²) >= 11 is 0. The second kappa shape index (κ2) is 5.57. The first-order valence-electron chi connectivity index (χ1n) is 5.04. The zero-order valence-electron chi connectivity index (χ0n) is 9.62. The van der Waals surface area contributed by atoms with Gasteiger partial charge in [0.15, 0.2) is 0 Å². The molecule has 0 aliphatic heterocycles. The van der Waals surface area contributed by atoms with Crippen LogP contribution >= 0.6 is 0 Å². The molecule has 0 bridgehead atoms. The number of hydrogen-bond acceptors (Lipinski definition) is 2. The number of methoxy groups -OCH3 is 1. The normalized spacial score (nSPS) is 11.8. The zero-order valence-corrected chi connectivity index (χ0v) is 9.62. The predicted octanol–water partition coefficient (Wildman–Crippen LogP) is 2.60. The van der Waals surface area contributed by atoms with Crippen molar-refractivity contribution in [2.24, 2.45) is 5.73 Å². The van der Waals surface area contributed by atoms with E-state index in [4.69, 9.17) is 10.5 Å². The average Bonchev–Trinajstić information content (AvgIpc) is 2.27. The van der Waals surface area contributed by atoms with Crippen LogP contribution < -0.4 is 10.5 Å². The van der Waals surface area contributed by atoms with Crippen LogP contribution in [0, 0.1) is 0 Å². The molecule has 0 aromatic heterocycles. The van der Waals surface area contributed by atoms with E-state index in [1.54, 1.807) is 0 Å². The molecule has 98 valence electrons. The SMILES string of the molecule is COc1cc(C(F)(F)F)ccc1C=CCC(N)=O. The quantitative estimate of drug-likeness (QED) is 0.903. The fraction of sp³-hybridized carbons (Fsp3) is 0.250. The summed E-state index contributed by atoms with van der Waals surface area (Å²) in [5.41, 5.74) is 4.60. The summed E-state index contributed by atoms with van der Waals surface area (Å²) in [6.45, 7) is 0. The van der Waals surface area contributed by atoms with E-state index in [0.717, 1.165) is 12.1 Å². The second-order valence-corrected chi connectivity index (χ2v) is 3.53. The Bertz CT molecular complexity index is 467. The van der Waals surface area contributed by atoms with Crippen molar-refractivity contribution in [3.05, 3.63) is 35.4 Å². The van der Waals surface area contributed by atoms with Crippen LogP contribution in [0.5, 0.6) is 5.75 Å². The Hall–Kier alpha value is -1.98. The van der Waals surface area contributed by atoms with Gasteiger partial charge in [-0.15, -0.1) is 0 Å². The summed E-state index contributed by atoms with van der Waals surface area (Å²) in [7, 11) is 1.28. The number of nitrogens with two attached hydrogens (primary N) is 1. The molecule has 0 fully saturated rings. The third kappa shape index (κ3) is 3.80. The van der Waals surface area contributed by atoms with E-state index in [9.17, 15) is 18.0 Å². The van der Waals surface area contributed by atoms with Gasteiger partial charge in [-0.3, -0.25) is 4.79 Å². The minimum absolute atomic E-state index is 0.0180. The third-order valence-corrected chi connectivity index (χ3v) is 2.18. The van der Waals surface area contributed by atoms with Gasteiger partial charge in [-0.25, -0.2) is 0 Å². The Morgan fingerprint density at radius 2 is 2.11 bits per heavy atom. The fourth-order valence-electron chi connectivity index (χ4n) is 1.33. The fourth-order valence-corrected chi connectivity index (χ4v) is 1.33. The molecule has 0 saturated heterocycles. The summed E-state index contributed by atoms with van der Waals surface area (Å²) in [6.07, 6.45) is -1.44. The van der Waals surface area contributed by atoms with E-state index in [0.29, 0.717) is 5.56 Å². The standard InChI is InChI=1S/C12H12F3NO2/c1-18-10-7-9(12(13,14)15)6-5-8(10)3-2-4-11(16)17/h2-3,5-7H,4H2,1H3,(H2,16,17). The maximum absolute atomic E-state index is 12.5. The smallest absolute Gasteiger partial charge is 0.416 e. The second-order valence-electron chi connectivity index (χ2n) is 3.53. The van der Waals surface area contributed by atoms with E-state index in [1.807, 2.05) is 0 Å². The van der Waals surface area contributed by atoms with Crippen LogP contribution in [-0.2, 0) is 11.0 Å². The summed E-state index contributed by atoms with van der Waals surface area (Å²) < 4.78 is 42.2. The van der Waals surface area contributed by atoms with Crippen molar-refractivity contribution in [3.63, 3.8) is 0 Å². The van der Waals surface area contributed by atoms with Gasteiger partial charge in [-0.2, -0.15) is 13.2 Å². The van der Waals surface area contributed by atoms with Gasteiger partial charge in [-0.1, -0.05) is 18.2 Å². The molecule has 0 aliphatic rings. The van der Waals surface area contributed by atoms with Crippen LogP contribution in [0.25, 0.3) is 6.08 Å². The van der Waals surface area contributed by atoms with Crippen molar-refractivity contribution < 1.29 is 22.7 Å². The highest BCUT2D eigenvalue weighted by Gasteiger charge is 2.31. The summed E-state index contributed by atoms with van der Waals surface area (Å²) in [6, 6.07) is 3.13. The molecular formula is C12H12F3NO2. The van der Waals surface area contributed by atoms with E-state index < -0.39 is 17.6 Å². The van der Waals surface area contributed by atoms with Crippen molar-refractivity contribution in [2.75, 3.05) is 7.11 Å². The Morgan fingerprint density at radius 1 is 1.44 bits per heavy atom. The van der Waals surface area contributed by atoms with Gasteiger partial charge in [0.1, 0.15) is 5.75 Å². The highest BCUT2D eigenvalue weighted by Crippen LogP contribution is 2.33. The molecule has 6 heteroatoms. The van der Waals surface area contributed by atoms with Crippen molar-refractivity contribution >= 4 is 12.0 Å². The lowest BCUT2D eigenvalue weighted by Crippen LogP contribution is -2.08. The topological polar surface area (TPSA) is 52.3 Å². The number of carbonyl (C=O) groups is 1. The molecule has 3 nitrogen and oxygen atoms in total. The first-order chi connectivity index (χ1) is 8.34. The number of benzene rings is 1. The lowest BCUT2D eigenvalue weighted by atomic mass is 10.1. The Kier molecular flexibility index (Phi) is 4.36. The van der Waals surface area contributed by atoms with E-state index in [-0.39, 0.29) is 12.2 Å². The molecule has 0 spiro atoms. The lowest BCUT2D eigenvalue weighted by molar-refractivity contribution is -0.137. The molecule has 1 rings (SSSR count). The first-order valence-corrected chi connectivity index (χ1v) is 5.04. The number of hydrogen-bond donors (Lipinski definition) is 1. The van der Waals surface area contributed by atoms with Crippen LogP contribution in [0.15, 0.2) is 24.3 Å². The molecule has 1 aromatic carbocycles. The Morgan fingerprint density at radius 3 is 2.61 bits per heavy atom. The lowest BCUT2D eigenvalue weighted by Gasteiger charge is -2.10. The number of carbonyl (C=O) groups excluding carboxylic acids is 1. The van der Waals surface area contributed by atoms with Crippen LogP contribution in [0.4, 0.5) is 13.2 Å². The van der Waals surface area contributed by atoms with Crippen LogP contribution in [0.2, 0.25) is 0 Å². The molecular weight excluding hydrogens is 247 g/mol. The minimum Gasteiger partial charge on any atom is -0.496 e. The first kappa shape index (κ1) is 14.1. The van der Waals surface area contributed by atoms with Crippen LogP contribution in [0.1, 0.15) is 17.5 Å². The molecule has 0 atom stereocenters. The largest absolute Gasteiger partial charge is 0.496 e. The average molecular weight is 259 g/mol. The molecule has 0 aliphatic carbocycles. The van der Waals surface area contributed by atoms with E-state index in [1.165, 1.54) is 25.3 Å². The molecule has 0 saturated carbocycles. The van der Waals surface area contributed by atoms with Crippen molar-refractivity contribution in [1.29, 1.82) is 0 Å². The van der Waals surface area contributed by atoms with Gasteiger partial charge < -0.3 is 10.5 Å². The summed E-state index contributed by atoms with van der Waals surface area (Å²) in [5, 5.41) is 0. The maximum atomic E-state index is 12.5. The molecule has 1 aromatic rings. The van der Waals surface area contributed by atoms with Gasteiger partial charge in [0.05, 0.1) is 12.7 Å². The number of primary amides is 1. The van der Waals surface area contributed by atoms with Gasteiger partial charge in [0.2, 0.25) is 5.91 Å². The Labute approximate surface area is 102 Å². The van der Waals surface area contributed by atoms with E-state index >= 15 is 0 Å². The number of rotatable bonds is 4. The van der Waals surface area contributed by atoms with Gasteiger partial charge in [0.25, 0.3) is 0 Å². The molecule has 1 amide bonds. The molecule has 2 N–H and O–H groups in total. The van der Waals surface area contributed by atoms with Crippen LogP contribution in [0.3, 0.4) is 0 Å². The molecule has 0 unspecified atom stereocenters. The Balaban J connectivity index is 3.01.